The molecule has 0 fully saturated rings. The van der Waals surface area contributed by atoms with Crippen molar-refractivity contribution in [2.75, 3.05) is 6.61 Å². The van der Waals surface area contributed by atoms with Crippen molar-refractivity contribution in [3.05, 3.63) is 23.8 Å². The highest BCUT2D eigenvalue weighted by Crippen LogP contribution is 2.31. The van der Waals surface area contributed by atoms with E-state index in [0.717, 1.165) is 24.8 Å². The van der Waals surface area contributed by atoms with Gasteiger partial charge in [-0.1, -0.05) is 18.6 Å². The van der Waals surface area contributed by atoms with E-state index < -0.39 is 0 Å². The van der Waals surface area contributed by atoms with Crippen molar-refractivity contribution < 1.29 is 9.53 Å². The first-order chi connectivity index (χ1) is 7.20. The highest BCUT2D eigenvalue weighted by atomic mass is 16.5. The van der Waals surface area contributed by atoms with Crippen molar-refractivity contribution in [1.29, 1.82) is 0 Å². The molecule has 0 aromatic rings. The maximum Gasteiger partial charge on any atom is 0.333 e. The Bertz CT molecular complexity index is 276. The number of carbonyl (C=O) groups excluding carboxylic acids is 1. The minimum atomic E-state index is -0.124. The Balaban J connectivity index is 2.89. The largest absolute Gasteiger partial charge is 0.463 e. The van der Waals surface area contributed by atoms with Crippen molar-refractivity contribution >= 4 is 5.97 Å². The van der Waals surface area contributed by atoms with Crippen LogP contribution in [0.1, 0.15) is 39.5 Å². The molecule has 0 radical (unpaired) electrons. The normalized spacial score (nSPS) is 18.5. The molecule has 1 unspecified atom stereocenters. The number of allylic oxidation sites excluding steroid dienone is 2. The second kappa shape index (κ2) is 5.74. The van der Waals surface area contributed by atoms with Crippen LogP contribution >= 0.6 is 0 Å². The molecule has 2 nitrogen and oxygen atoms in total. The summed E-state index contributed by atoms with van der Waals surface area (Å²) in [4.78, 5) is 11.7. The van der Waals surface area contributed by atoms with Gasteiger partial charge in [0.1, 0.15) is 0 Å². The van der Waals surface area contributed by atoms with Gasteiger partial charge in [-0.3, -0.25) is 0 Å². The zero-order chi connectivity index (χ0) is 11.3. The highest BCUT2D eigenvalue weighted by Gasteiger charge is 2.22. The van der Waals surface area contributed by atoms with E-state index in [9.17, 15) is 4.79 Å². The van der Waals surface area contributed by atoms with Crippen molar-refractivity contribution in [2.24, 2.45) is 5.92 Å². The predicted molar refractivity (Wildman–Crippen MR) is 61.5 cm³/mol. The van der Waals surface area contributed by atoms with Gasteiger partial charge in [0.2, 0.25) is 0 Å². The maximum atomic E-state index is 11.7. The van der Waals surface area contributed by atoms with Gasteiger partial charge in [-0.25, -0.2) is 4.79 Å². The van der Waals surface area contributed by atoms with Gasteiger partial charge in [-0.15, -0.1) is 6.58 Å². The molecule has 0 aromatic heterocycles. The van der Waals surface area contributed by atoms with Gasteiger partial charge in [0.25, 0.3) is 0 Å². The van der Waals surface area contributed by atoms with Gasteiger partial charge in [-0.2, -0.15) is 0 Å². The molecular weight excluding hydrogens is 188 g/mol. The summed E-state index contributed by atoms with van der Waals surface area (Å²) in [5.74, 6) is 0.172. The van der Waals surface area contributed by atoms with Gasteiger partial charge in [0, 0.05) is 5.57 Å². The summed E-state index contributed by atoms with van der Waals surface area (Å²) in [7, 11) is 0. The summed E-state index contributed by atoms with van der Waals surface area (Å²) in [6.07, 6.45) is 6.06. The molecule has 0 bridgehead atoms. The maximum absolute atomic E-state index is 11.7. The van der Waals surface area contributed by atoms with E-state index in [-0.39, 0.29) is 5.97 Å². The molecule has 15 heavy (non-hydrogen) atoms. The van der Waals surface area contributed by atoms with Gasteiger partial charge >= 0.3 is 5.97 Å². The SMILES string of the molecule is C=CC(C)C1=C(C(=O)OCC)CCCC1. The Morgan fingerprint density at radius 3 is 2.80 bits per heavy atom. The second-order valence-corrected chi connectivity index (χ2v) is 3.96. The standard InChI is InChI=1S/C13H20O2/c1-4-10(3)11-8-6-7-9-12(11)13(14)15-5-2/h4,10H,1,5-9H2,2-3H3. The van der Waals surface area contributed by atoms with E-state index in [0.29, 0.717) is 12.5 Å². The van der Waals surface area contributed by atoms with Crippen molar-refractivity contribution in [3.8, 4) is 0 Å². The molecule has 0 amide bonds. The van der Waals surface area contributed by atoms with E-state index in [4.69, 9.17) is 4.74 Å². The molecule has 1 atom stereocenters. The van der Waals surface area contributed by atoms with Crippen LogP contribution < -0.4 is 0 Å². The summed E-state index contributed by atoms with van der Waals surface area (Å²) in [5, 5.41) is 0. The van der Waals surface area contributed by atoms with Crippen molar-refractivity contribution in [2.45, 2.75) is 39.5 Å². The third kappa shape index (κ3) is 2.95. The van der Waals surface area contributed by atoms with E-state index in [1.165, 1.54) is 12.0 Å². The average molecular weight is 208 g/mol. The van der Waals surface area contributed by atoms with Crippen molar-refractivity contribution in [3.63, 3.8) is 0 Å². The van der Waals surface area contributed by atoms with Gasteiger partial charge in [-0.05, 0) is 38.5 Å². The fourth-order valence-corrected chi connectivity index (χ4v) is 2.02. The van der Waals surface area contributed by atoms with Crippen molar-refractivity contribution in [1.82, 2.24) is 0 Å². The van der Waals surface area contributed by atoms with Crippen LogP contribution in [0.5, 0.6) is 0 Å². The number of esters is 1. The van der Waals surface area contributed by atoms with E-state index in [1.807, 2.05) is 13.0 Å². The zero-order valence-corrected chi connectivity index (χ0v) is 9.71. The van der Waals surface area contributed by atoms with Crippen LogP contribution in [-0.2, 0) is 9.53 Å². The topological polar surface area (TPSA) is 26.3 Å². The van der Waals surface area contributed by atoms with Crippen LogP contribution in [0.4, 0.5) is 0 Å². The number of rotatable bonds is 4. The summed E-state index contributed by atoms with van der Waals surface area (Å²) < 4.78 is 5.08. The summed E-state index contributed by atoms with van der Waals surface area (Å²) in [6.45, 7) is 8.18. The lowest BCUT2D eigenvalue weighted by Gasteiger charge is -2.22. The van der Waals surface area contributed by atoms with Gasteiger partial charge in [0.15, 0.2) is 0 Å². The van der Waals surface area contributed by atoms with Gasteiger partial charge < -0.3 is 4.74 Å². The molecule has 1 rings (SSSR count). The Hall–Kier alpha value is -1.05. The molecule has 0 aromatic carbocycles. The quantitative estimate of drug-likeness (QED) is 0.523. The monoisotopic (exact) mass is 208 g/mol. The molecule has 0 heterocycles. The lowest BCUT2D eigenvalue weighted by molar-refractivity contribution is -0.138. The zero-order valence-electron chi connectivity index (χ0n) is 9.71. The third-order valence-electron chi connectivity index (χ3n) is 2.94. The molecule has 0 saturated heterocycles. The van der Waals surface area contributed by atoms with Crippen LogP contribution in [0.2, 0.25) is 0 Å². The van der Waals surface area contributed by atoms with Crippen LogP contribution in [-0.4, -0.2) is 12.6 Å². The Morgan fingerprint density at radius 1 is 1.53 bits per heavy atom. The smallest absolute Gasteiger partial charge is 0.333 e. The van der Waals surface area contributed by atoms with E-state index in [2.05, 4.69) is 13.5 Å². The van der Waals surface area contributed by atoms with Crippen LogP contribution in [0.3, 0.4) is 0 Å². The Labute approximate surface area is 92.0 Å². The number of ether oxygens (including phenoxy) is 1. The number of hydrogen-bond donors (Lipinski definition) is 0. The fourth-order valence-electron chi connectivity index (χ4n) is 2.02. The second-order valence-electron chi connectivity index (χ2n) is 3.96. The lowest BCUT2D eigenvalue weighted by atomic mass is 9.84. The Morgan fingerprint density at radius 2 is 2.20 bits per heavy atom. The molecule has 0 N–H and O–H groups in total. The van der Waals surface area contributed by atoms with E-state index in [1.54, 1.807) is 0 Å². The lowest BCUT2D eigenvalue weighted by Crippen LogP contribution is -2.16. The molecule has 1 aliphatic rings. The average Bonchev–Trinajstić information content (AvgIpc) is 2.28. The van der Waals surface area contributed by atoms with E-state index >= 15 is 0 Å². The predicted octanol–water partition coefficient (Wildman–Crippen LogP) is 3.24. The molecule has 0 saturated carbocycles. The van der Waals surface area contributed by atoms with Crippen LogP contribution in [0, 0.1) is 5.92 Å². The minimum absolute atomic E-state index is 0.124. The summed E-state index contributed by atoms with van der Waals surface area (Å²) in [5.41, 5.74) is 2.13. The molecule has 1 aliphatic carbocycles. The first kappa shape index (κ1) is 12.0. The summed E-state index contributed by atoms with van der Waals surface area (Å²) in [6, 6.07) is 0. The molecule has 0 spiro atoms. The summed E-state index contributed by atoms with van der Waals surface area (Å²) >= 11 is 0. The third-order valence-corrected chi connectivity index (χ3v) is 2.94. The Kier molecular flexibility index (Phi) is 4.60. The highest BCUT2D eigenvalue weighted by molar-refractivity contribution is 5.89. The first-order valence-corrected chi connectivity index (χ1v) is 5.72. The minimum Gasteiger partial charge on any atom is -0.463 e. The number of hydrogen-bond acceptors (Lipinski definition) is 2. The van der Waals surface area contributed by atoms with Crippen LogP contribution in [0.15, 0.2) is 23.8 Å². The molecule has 84 valence electrons. The number of carbonyl (C=O) groups is 1. The molecule has 0 aliphatic heterocycles. The van der Waals surface area contributed by atoms with Gasteiger partial charge in [0.05, 0.1) is 6.61 Å². The molecular formula is C13H20O2. The molecule has 2 heteroatoms. The first-order valence-electron chi connectivity index (χ1n) is 5.72. The van der Waals surface area contributed by atoms with Crippen LogP contribution in [0.25, 0.3) is 0 Å². The fraction of sp³-hybridized carbons (Fsp3) is 0.615.